The first-order valence-corrected chi connectivity index (χ1v) is 7.90. The van der Waals surface area contributed by atoms with Gasteiger partial charge in [-0.25, -0.2) is 4.39 Å². The lowest BCUT2D eigenvalue weighted by atomic mass is 10.1. The van der Waals surface area contributed by atoms with Gasteiger partial charge in [0, 0.05) is 17.1 Å². The maximum Gasteiger partial charge on any atom is 0.239 e. The van der Waals surface area contributed by atoms with E-state index in [1.54, 1.807) is 23.5 Å². The summed E-state index contributed by atoms with van der Waals surface area (Å²) in [6.07, 6.45) is 0.479. The number of benzene rings is 1. The summed E-state index contributed by atoms with van der Waals surface area (Å²) < 4.78 is 12.9. The summed E-state index contributed by atoms with van der Waals surface area (Å²) in [4.78, 5) is 27.1. The van der Waals surface area contributed by atoms with Crippen molar-refractivity contribution in [3.05, 3.63) is 52.5 Å². The molecule has 1 atom stereocenters. The zero-order valence-corrected chi connectivity index (χ0v) is 12.6. The summed E-state index contributed by atoms with van der Waals surface area (Å²) in [6.45, 7) is 0.915. The number of carbonyl (C=O) groups is 2. The van der Waals surface area contributed by atoms with Crippen molar-refractivity contribution in [1.82, 2.24) is 5.32 Å². The number of anilines is 1. The van der Waals surface area contributed by atoms with Gasteiger partial charge in [0.2, 0.25) is 11.8 Å². The van der Waals surface area contributed by atoms with Gasteiger partial charge in [0.15, 0.2) is 0 Å². The van der Waals surface area contributed by atoms with Gasteiger partial charge >= 0.3 is 0 Å². The maximum atomic E-state index is 12.9. The van der Waals surface area contributed by atoms with Crippen molar-refractivity contribution in [2.24, 2.45) is 5.92 Å². The molecule has 114 valence electrons. The van der Waals surface area contributed by atoms with Crippen LogP contribution in [0.25, 0.3) is 0 Å². The molecule has 1 saturated heterocycles. The highest BCUT2D eigenvalue weighted by Crippen LogP contribution is 2.25. The molecular weight excluding hydrogens is 303 g/mol. The van der Waals surface area contributed by atoms with Gasteiger partial charge in [0.05, 0.1) is 6.54 Å². The van der Waals surface area contributed by atoms with E-state index in [0.29, 0.717) is 25.2 Å². The number of thiophene rings is 1. The highest BCUT2D eigenvalue weighted by atomic mass is 32.1. The van der Waals surface area contributed by atoms with Crippen LogP contribution >= 0.6 is 11.3 Å². The molecule has 0 spiro atoms. The Bertz CT molecular complexity index is 670. The standard InChI is InChI=1S/C16H15FN2O2S/c17-11-3-5-12(6-4-11)19-8-7-14(16(19)21)15(20)18-10-13-2-1-9-22-13/h1-6,9,14H,7-8,10H2,(H,18,20). The number of carbonyl (C=O) groups excluding carboxylic acids is 2. The molecule has 2 heterocycles. The van der Waals surface area contributed by atoms with E-state index in [-0.39, 0.29) is 17.6 Å². The van der Waals surface area contributed by atoms with Crippen LogP contribution in [0.2, 0.25) is 0 Å². The molecule has 1 N–H and O–H groups in total. The molecule has 1 aromatic heterocycles. The Hall–Kier alpha value is -2.21. The number of amides is 2. The van der Waals surface area contributed by atoms with Gasteiger partial charge in [-0.2, -0.15) is 0 Å². The highest BCUT2D eigenvalue weighted by Gasteiger charge is 2.37. The number of halogens is 1. The largest absolute Gasteiger partial charge is 0.351 e. The lowest BCUT2D eigenvalue weighted by Gasteiger charge is -2.16. The molecule has 6 heteroatoms. The van der Waals surface area contributed by atoms with Crippen LogP contribution in [-0.2, 0) is 16.1 Å². The Morgan fingerprint density at radius 1 is 1.32 bits per heavy atom. The molecule has 0 aliphatic carbocycles. The van der Waals surface area contributed by atoms with Crippen molar-refractivity contribution in [3.8, 4) is 0 Å². The summed E-state index contributed by atoms with van der Waals surface area (Å²) in [5, 5.41) is 4.75. The Morgan fingerprint density at radius 2 is 2.09 bits per heavy atom. The predicted octanol–water partition coefficient (Wildman–Crippen LogP) is 2.56. The minimum Gasteiger partial charge on any atom is -0.351 e. The maximum absolute atomic E-state index is 12.9. The molecule has 0 bridgehead atoms. The zero-order chi connectivity index (χ0) is 15.5. The Kier molecular flexibility index (Phi) is 4.20. The van der Waals surface area contributed by atoms with E-state index < -0.39 is 5.92 Å². The fourth-order valence-corrected chi connectivity index (χ4v) is 3.16. The first-order valence-electron chi connectivity index (χ1n) is 7.02. The summed E-state index contributed by atoms with van der Waals surface area (Å²) in [5.74, 6) is -1.48. The molecule has 1 aromatic carbocycles. The van der Waals surface area contributed by atoms with E-state index >= 15 is 0 Å². The van der Waals surface area contributed by atoms with Gasteiger partial charge in [-0.3, -0.25) is 9.59 Å². The van der Waals surface area contributed by atoms with E-state index in [4.69, 9.17) is 0 Å². The van der Waals surface area contributed by atoms with Gasteiger partial charge in [-0.15, -0.1) is 11.3 Å². The molecule has 1 aliphatic rings. The lowest BCUT2D eigenvalue weighted by Crippen LogP contribution is -2.36. The first kappa shape index (κ1) is 14.7. The Labute approximate surface area is 131 Å². The highest BCUT2D eigenvalue weighted by molar-refractivity contribution is 7.09. The summed E-state index contributed by atoms with van der Waals surface area (Å²) in [7, 11) is 0. The van der Waals surface area contributed by atoms with E-state index in [0.717, 1.165) is 4.88 Å². The number of hydrogen-bond donors (Lipinski definition) is 1. The van der Waals surface area contributed by atoms with Crippen LogP contribution in [0.1, 0.15) is 11.3 Å². The fourth-order valence-electron chi connectivity index (χ4n) is 2.51. The minimum absolute atomic E-state index is 0.227. The van der Waals surface area contributed by atoms with Crippen molar-refractivity contribution in [3.63, 3.8) is 0 Å². The molecule has 2 amide bonds. The zero-order valence-electron chi connectivity index (χ0n) is 11.8. The molecule has 4 nitrogen and oxygen atoms in total. The Morgan fingerprint density at radius 3 is 2.77 bits per heavy atom. The third-order valence-corrected chi connectivity index (χ3v) is 4.55. The molecule has 1 fully saturated rings. The predicted molar refractivity (Wildman–Crippen MR) is 83.0 cm³/mol. The monoisotopic (exact) mass is 318 g/mol. The van der Waals surface area contributed by atoms with Crippen LogP contribution in [0.3, 0.4) is 0 Å². The molecular formula is C16H15FN2O2S. The molecule has 0 radical (unpaired) electrons. The van der Waals surface area contributed by atoms with E-state index in [1.165, 1.54) is 17.0 Å². The van der Waals surface area contributed by atoms with Crippen molar-refractivity contribution in [2.75, 3.05) is 11.4 Å². The van der Waals surface area contributed by atoms with Crippen LogP contribution in [0.5, 0.6) is 0 Å². The third kappa shape index (κ3) is 3.01. The van der Waals surface area contributed by atoms with Crippen molar-refractivity contribution in [1.29, 1.82) is 0 Å². The summed E-state index contributed by atoms with van der Waals surface area (Å²) >= 11 is 1.56. The quantitative estimate of drug-likeness (QED) is 0.881. The van der Waals surface area contributed by atoms with Crippen molar-refractivity contribution >= 4 is 28.8 Å². The third-order valence-electron chi connectivity index (χ3n) is 3.68. The minimum atomic E-state index is -0.662. The first-order chi connectivity index (χ1) is 10.6. The summed E-state index contributed by atoms with van der Waals surface area (Å²) in [6, 6.07) is 9.59. The second kappa shape index (κ2) is 6.27. The molecule has 22 heavy (non-hydrogen) atoms. The average Bonchev–Trinajstić information content (AvgIpc) is 3.15. The normalized spacial score (nSPS) is 17.8. The lowest BCUT2D eigenvalue weighted by molar-refractivity contribution is -0.132. The second-order valence-corrected chi connectivity index (χ2v) is 6.14. The molecule has 0 saturated carbocycles. The van der Waals surface area contributed by atoms with Gasteiger partial charge in [0.25, 0.3) is 0 Å². The molecule has 3 rings (SSSR count). The fraction of sp³-hybridized carbons (Fsp3) is 0.250. The van der Waals surface area contributed by atoms with E-state index in [9.17, 15) is 14.0 Å². The van der Waals surface area contributed by atoms with E-state index in [2.05, 4.69) is 5.32 Å². The molecule has 1 aliphatic heterocycles. The van der Waals surface area contributed by atoms with E-state index in [1.807, 2.05) is 17.5 Å². The average molecular weight is 318 g/mol. The van der Waals surface area contributed by atoms with Gasteiger partial charge in [-0.05, 0) is 42.1 Å². The number of nitrogens with zero attached hydrogens (tertiary/aromatic N) is 1. The van der Waals surface area contributed by atoms with Gasteiger partial charge in [-0.1, -0.05) is 6.07 Å². The number of nitrogens with one attached hydrogen (secondary N) is 1. The van der Waals surface area contributed by atoms with Crippen LogP contribution in [0, 0.1) is 11.7 Å². The van der Waals surface area contributed by atoms with Crippen LogP contribution in [-0.4, -0.2) is 18.4 Å². The van der Waals surface area contributed by atoms with Crippen molar-refractivity contribution < 1.29 is 14.0 Å². The van der Waals surface area contributed by atoms with Crippen LogP contribution < -0.4 is 10.2 Å². The van der Waals surface area contributed by atoms with Crippen LogP contribution in [0.15, 0.2) is 41.8 Å². The smallest absolute Gasteiger partial charge is 0.239 e. The SMILES string of the molecule is O=C(NCc1cccs1)C1CCN(c2ccc(F)cc2)C1=O. The number of rotatable bonds is 4. The topological polar surface area (TPSA) is 49.4 Å². The Balaban J connectivity index is 1.63. The van der Waals surface area contributed by atoms with Crippen molar-refractivity contribution in [2.45, 2.75) is 13.0 Å². The molecule has 1 unspecified atom stereocenters. The summed E-state index contributed by atoms with van der Waals surface area (Å²) in [5.41, 5.74) is 0.625. The molecule has 2 aromatic rings. The second-order valence-electron chi connectivity index (χ2n) is 5.10. The van der Waals surface area contributed by atoms with Gasteiger partial charge in [0.1, 0.15) is 11.7 Å². The van der Waals surface area contributed by atoms with Crippen LogP contribution in [0.4, 0.5) is 10.1 Å². The number of hydrogen-bond acceptors (Lipinski definition) is 3. The van der Waals surface area contributed by atoms with Gasteiger partial charge < -0.3 is 10.2 Å².